The summed E-state index contributed by atoms with van der Waals surface area (Å²) in [5, 5.41) is 12.4. The summed E-state index contributed by atoms with van der Waals surface area (Å²) < 4.78 is 5.34. The van der Waals surface area contributed by atoms with E-state index in [1.54, 1.807) is 19.1 Å². The molecular formula is C21H25N5O2. The number of benzene rings is 2. The number of carbonyl (C=O) groups is 1. The maximum atomic E-state index is 12.5. The van der Waals surface area contributed by atoms with Crippen molar-refractivity contribution in [2.24, 2.45) is 0 Å². The first-order valence-corrected chi connectivity index (χ1v) is 9.22. The molecule has 0 unspecified atom stereocenters. The molecule has 0 saturated heterocycles. The fourth-order valence-electron chi connectivity index (χ4n) is 2.86. The number of amides is 1. The normalized spacial score (nSPS) is 10.9. The molecule has 7 heteroatoms. The van der Waals surface area contributed by atoms with Gasteiger partial charge in [-0.05, 0) is 22.8 Å². The van der Waals surface area contributed by atoms with Crippen molar-refractivity contribution in [1.82, 2.24) is 25.1 Å². The van der Waals surface area contributed by atoms with E-state index in [0.717, 1.165) is 16.9 Å². The number of para-hydroxylation sites is 1. The van der Waals surface area contributed by atoms with E-state index in [4.69, 9.17) is 4.74 Å². The summed E-state index contributed by atoms with van der Waals surface area (Å²) in [4.78, 5) is 15.5. The minimum absolute atomic E-state index is 0.0305. The van der Waals surface area contributed by atoms with Crippen molar-refractivity contribution < 1.29 is 9.53 Å². The highest BCUT2D eigenvalue weighted by molar-refractivity contribution is 5.75. The number of carbonyl (C=O) groups excluding carboxylic acids is 1. The summed E-state index contributed by atoms with van der Waals surface area (Å²) in [6.07, 6.45) is 0. The Labute approximate surface area is 164 Å². The zero-order chi connectivity index (χ0) is 20.1. The van der Waals surface area contributed by atoms with Gasteiger partial charge in [0, 0.05) is 24.7 Å². The van der Waals surface area contributed by atoms with Crippen LogP contribution in [0.3, 0.4) is 0 Å². The average Bonchev–Trinajstić information content (AvgIpc) is 3.16. The van der Waals surface area contributed by atoms with E-state index in [-0.39, 0.29) is 12.5 Å². The van der Waals surface area contributed by atoms with Crippen LogP contribution in [0.5, 0.6) is 5.75 Å². The molecule has 146 valence electrons. The molecule has 0 aliphatic carbocycles. The second-order valence-corrected chi connectivity index (χ2v) is 6.98. The molecule has 0 radical (unpaired) electrons. The van der Waals surface area contributed by atoms with Gasteiger partial charge < -0.3 is 9.64 Å². The quantitative estimate of drug-likeness (QED) is 0.631. The Morgan fingerprint density at radius 3 is 2.54 bits per heavy atom. The molecule has 0 fully saturated rings. The largest absolute Gasteiger partial charge is 0.496 e. The highest BCUT2D eigenvalue weighted by Gasteiger charge is 2.15. The van der Waals surface area contributed by atoms with Crippen LogP contribution >= 0.6 is 0 Å². The van der Waals surface area contributed by atoms with Crippen LogP contribution in [0.2, 0.25) is 0 Å². The fraction of sp³-hybridized carbons (Fsp3) is 0.333. The fourth-order valence-corrected chi connectivity index (χ4v) is 2.86. The summed E-state index contributed by atoms with van der Waals surface area (Å²) >= 11 is 0. The lowest BCUT2D eigenvalue weighted by molar-refractivity contribution is -0.131. The molecule has 7 nitrogen and oxygen atoms in total. The molecule has 3 aromatic rings. The van der Waals surface area contributed by atoms with E-state index in [2.05, 4.69) is 41.4 Å². The van der Waals surface area contributed by atoms with E-state index in [9.17, 15) is 4.79 Å². The molecular weight excluding hydrogens is 354 g/mol. The topological polar surface area (TPSA) is 73.1 Å². The molecule has 2 aromatic carbocycles. The third-order valence-corrected chi connectivity index (χ3v) is 4.59. The summed E-state index contributed by atoms with van der Waals surface area (Å²) in [7, 11) is 3.37. The lowest BCUT2D eigenvalue weighted by atomic mass is 10.0. The molecule has 0 spiro atoms. The van der Waals surface area contributed by atoms with Crippen molar-refractivity contribution in [3.05, 3.63) is 59.7 Å². The van der Waals surface area contributed by atoms with Gasteiger partial charge in [-0.25, -0.2) is 0 Å². The average molecular weight is 379 g/mol. The number of likely N-dealkylation sites (N-methyl/N-ethyl adjacent to an activating group) is 1. The van der Waals surface area contributed by atoms with Crippen LogP contribution in [-0.2, 0) is 17.9 Å². The predicted octanol–water partition coefficient (Wildman–Crippen LogP) is 3.13. The number of rotatable bonds is 7. The van der Waals surface area contributed by atoms with Gasteiger partial charge in [-0.2, -0.15) is 4.80 Å². The Bertz CT molecular complexity index is 934. The highest BCUT2D eigenvalue weighted by Crippen LogP contribution is 2.20. The number of hydrogen-bond donors (Lipinski definition) is 0. The van der Waals surface area contributed by atoms with Gasteiger partial charge in [0.05, 0.1) is 7.11 Å². The van der Waals surface area contributed by atoms with Crippen LogP contribution in [0.25, 0.3) is 11.4 Å². The molecule has 1 amide bonds. The predicted molar refractivity (Wildman–Crippen MR) is 107 cm³/mol. The van der Waals surface area contributed by atoms with Crippen molar-refractivity contribution in [1.29, 1.82) is 0 Å². The van der Waals surface area contributed by atoms with Gasteiger partial charge in [0.1, 0.15) is 12.3 Å². The van der Waals surface area contributed by atoms with Crippen molar-refractivity contribution >= 4 is 5.91 Å². The first-order chi connectivity index (χ1) is 13.5. The van der Waals surface area contributed by atoms with Gasteiger partial charge in [0.25, 0.3) is 0 Å². The van der Waals surface area contributed by atoms with Crippen molar-refractivity contribution in [3.63, 3.8) is 0 Å². The molecule has 0 aliphatic rings. The number of ether oxygens (including phenoxy) is 1. The lowest BCUT2D eigenvalue weighted by Gasteiger charge is -2.18. The lowest BCUT2D eigenvalue weighted by Crippen LogP contribution is -2.30. The van der Waals surface area contributed by atoms with Crippen LogP contribution in [0.15, 0.2) is 48.5 Å². The van der Waals surface area contributed by atoms with E-state index in [1.165, 1.54) is 10.4 Å². The molecule has 0 bridgehead atoms. The number of nitrogens with zero attached hydrogens (tertiary/aromatic N) is 5. The van der Waals surface area contributed by atoms with Crippen molar-refractivity contribution in [2.45, 2.75) is 32.9 Å². The Kier molecular flexibility index (Phi) is 6.03. The number of methoxy groups -OCH3 is 1. The first-order valence-electron chi connectivity index (χ1n) is 9.22. The van der Waals surface area contributed by atoms with Crippen LogP contribution in [0.4, 0.5) is 0 Å². The highest BCUT2D eigenvalue weighted by atomic mass is 16.5. The maximum absolute atomic E-state index is 12.5. The van der Waals surface area contributed by atoms with Gasteiger partial charge in [0.2, 0.25) is 11.7 Å². The van der Waals surface area contributed by atoms with Crippen LogP contribution in [-0.4, -0.2) is 45.2 Å². The van der Waals surface area contributed by atoms with Gasteiger partial charge in [-0.3, -0.25) is 4.79 Å². The summed E-state index contributed by atoms with van der Waals surface area (Å²) in [5.74, 6) is 1.63. The molecule has 0 aliphatic heterocycles. The van der Waals surface area contributed by atoms with Crippen LogP contribution in [0.1, 0.15) is 30.9 Å². The van der Waals surface area contributed by atoms with Gasteiger partial charge in [-0.15, -0.1) is 10.2 Å². The number of aromatic nitrogens is 4. The molecule has 1 heterocycles. The van der Waals surface area contributed by atoms with Gasteiger partial charge in [-0.1, -0.05) is 56.3 Å². The Balaban J connectivity index is 1.64. The third kappa shape index (κ3) is 4.54. The summed E-state index contributed by atoms with van der Waals surface area (Å²) in [5.41, 5.74) is 3.08. The molecule has 0 atom stereocenters. The number of tetrazole rings is 1. The molecule has 28 heavy (non-hydrogen) atoms. The van der Waals surface area contributed by atoms with E-state index >= 15 is 0 Å². The smallest absolute Gasteiger partial charge is 0.246 e. The monoisotopic (exact) mass is 379 g/mol. The SMILES string of the molecule is COc1ccccc1CN(C)C(=O)Cn1nnc(-c2ccc(C(C)C)cc2)n1. The second kappa shape index (κ2) is 8.65. The number of hydrogen-bond acceptors (Lipinski definition) is 5. The Hall–Kier alpha value is -3.22. The van der Waals surface area contributed by atoms with Crippen LogP contribution in [0, 0.1) is 0 Å². The summed E-state index contributed by atoms with van der Waals surface area (Å²) in [6.45, 7) is 4.77. The minimum atomic E-state index is -0.106. The van der Waals surface area contributed by atoms with E-state index < -0.39 is 0 Å². The molecule has 1 aromatic heterocycles. The third-order valence-electron chi connectivity index (χ3n) is 4.59. The van der Waals surface area contributed by atoms with E-state index in [0.29, 0.717) is 18.3 Å². The first kappa shape index (κ1) is 19.5. The molecule has 0 saturated carbocycles. The van der Waals surface area contributed by atoms with Crippen LogP contribution < -0.4 is 4.74 Å². The minimum Gasteiger partial charge on any atom is -0.496 e. The second-order valence-electron chi connectivity index (χ2n) is 6.98. The summed E-state index contributed by atoms with van der Waals surface area (Å²) in [6, 6.07) is 15.7. The maximum Gasteiger partial charge on any atom is 0.246 e. The van der Waals surface area contributed by atoms with E-state index in [1.807, 2.05) is 36.4 Å². The standard InChI is InChI=1S/C21H25N5O2/c1-15(2)16-9-11-17(12-10-16)21-22-24-26(23-21)14-20(27)25(3)13-18-7-5-6-8-19(18)28-4/h5-12,15H,13-14H2,1-4H3. The van der Waals surface area contributed by atoms with Crippen molar-refractivity contribution in [3.8, 4) is 17.1 Å². The zero-order valence-corrected chi connectivity index (χ0v) is 16.7. The molecule has 3 rings (SSSR count). The Morgan fingerprint density at radius 1 is 1.14 bits per heavy atom. The van der Waals surface area contributed by atoms with Crippen molar-refractivity contribution in [2.75, 3.05) is 14.2 Å². The zero-order valence-electron chi connectivity index (χ0n) is 16.7. The molecule has 0 N–H and O–H groups in total. The Morgan fingerprint density at radius 2 is 1.86 bits per heavy atom. The van der Waals surface area contributed by atoms with Gasteiger partial charge >= 0.3 is 0 Å². The van der Waals surface area contributed by atoms with Gasteiger partial charge in [0.15, 0.2) is 0 Å².